The molecule has 0 unspecified atom stereocenters. The summed E-state index contributed by atoms with van der Waals surface area (Å²) < 4.78 is 0. The van der Waals surface area contributed by atoms with Crippen molar-refractivity contribution in [2.45, 2.75) is 50.0 Å². The van der Waals surface area contributed by atoms with Crippen LogP contribution in [0, 0.1) is 6.92 Å². The van der Waals surface area contributed by atoms with Gasteiger partial charge in [-0.05, 0) is 31.4 Å². The van der Waals surface area contributed by atoms with Gasteiger partial charge in [0.2, 0.25) is 5.91 Å². The molecular formula is C16H24N2OS. The number of nitrogen functional groups attached to an aromatic ring is 1. The van der Waals surface area contributed by atoms with E-state index in [0.29, 0.717) is 11.8 Å². The lowest BCUT2D eigenvalue weighted by Gasteiger charge is -2.31. The summed E-state index contributed by atoms with van der Waals surface area (Å²) in [4.78, 5) is 15.2. The number of benzene rings is 1. The van der Waals surface area contributed by atoms with Crippen LogP contribution in [0.3, 0.4) is 0 Å². The molecule has 3 nitrogen and oxygen atoms in total. The van der Waals surface area contributed by atoms with E-state index < -0.39 is 0 Å². The van der Waals surface area contributed by atoms with Crippen molar-refractivity contribution in [1.82, 2.24) is 4.90 Å². The molecule has 1 aromatic rings. The predicted molar refractivity (Wildman–Crippen MR) is 86.0 cm³/mol. The zero-order valence-electron chi connectivity index (χ0n) is 12.4. The third kappa shape index (κ3) is 3.69. The Hall–Kier alpha value is -1.16. The maximum absolute atomic E-state index is 12.3. The Balaban J connectivity index is 1.89. The average Bonchev–Trinajstić information content (AvgIpc) is 2.48. The molecule has 0 saturated heterocycles. The number of thioether (sulfide) groups is 1. The van der Waals surface area contributed by atoms with Crippen LogP contribution in [0.25, 0.3) is 0 Å². The summed E-state index contributed by atoms with van der Waals surface area (Å²) in [5.74, 6) is 0.684. The third-order valence-electron chi connectivity index (χ3n) is 4.15. The van der Waals surface area contributed by atoms with Gasteiger partial charge in [-0.1, -0.05) is 31.4 Å². The second-order valence-electron chi connectivity index (χ2n) is 5.57. The fourth-order valence-electron chi connectivity index (χ4n) is 2.69. The highest BCUT2D eigenvalue weighted by Crippen LogP contribution is 2.28. The van der Waals surface area contributed by atoms with Gasteiger partial charge in [0.05, 0.1) is 5.75 Å². The van der Waals surface area contributed by atoms with E-state index in [1.165, 1.54) is 19.3 Å². The molecule has 1 aromatic carbocycles. The normalized spacial score (nSPS) is 16.1. The molecule has 2 rings (SSSR count). The Bertz CT molecular complexity index is 470. The fourth-order valence-corrected chi connectivity index (χ4v) is 3.67. The number of hydrogen-bond acceptors (Lipinski definition) is 3. The van der Waals surface area contributed by atoms with Crippen LogP contribution >= 0.6 is 11.8 Å². The Morgan fingerprint density at radius 3 is 2.75 bits per heavy atom. The summed E-state index contributed by atoms with van der Waals surface area (Å²) in [6.45, 7) is 2.00. The summed E-state index contributed by atoms with van der Waals surface area (Å²) in [6.07, 6.45) is 6.12. The number of para-hydroxylation sites is 1. The molecule has 0 heterocycles. The number of hydrogen-bond donors (Lipinski definition) is 1. The van der Waals surface area contributed by atoms with E-state index in [4.69, 9.17) is 5.73 Å². The fraction of sp³-hybridized carbons (Fsp3) is 0.562. The topological polar surface area (TPSA) is 46.3 Å². The van der Waals surface area contributed by atoms with Gasteiger partial charge in [0, 0.05) is 23.7 Å². The van der Waals surface area contributed by atoms with Gasteiger partial charge >= 0.3 is 0 Å². The van der Waals surface area contributed by atoms with E-state index in [-0.39, 0.29) is 5.91 Å². The highest BCUT2D eigenvalue weighted by molar-refractivity contribution is 8.00. The summed E-state index contributed by atoms with van der Waals surface area (Å²) in [6, 6.07) is 6.41. The van der Waals surface area contributed by atoms with Gasteiger partial charge in [-0.3, -0.25) is 4.79 Å². The van der Waals surface area contributed by atoms with Crippen LogP contribution in [0.2, 0.25) is 0 Å². The van der Waals surface area contributed by atoms with Gasteiger partial charge in [0.15, 0.2) is 0 Å². The Kier molecular flexibility index (Phi) is 5.35. The zero-order valence-corrected chi connectivity index (χ0v) is 13.2. The number of amides is 1. The Morgan fingerprint density at radius 2 is 2.05 bits per heavy atom. The molecule has 0 atom stereocenters. The van der Waals surface area contributed by atoms with Crippen molar-refractivity contribution in [1.29, 1.82) is 0 Å². The molecule has 1 aliphatic rings. The van der Waals surface area contributed by atoms with Crippen molar-refractivity contribution in [3.05, 3.63) is 23.8 Å². The maximum atomic E-state index is 12.3. The van der Waals surface area contributed by atoms with Crippen LogP contribution in [0.4, 0.5) is 5.69 Å². The number of rotatable bonds is 4. The van der Waals surface area contributed by atoms with E-state index in [0.717, 1.165) is 29.0 Å². The molecule has 4 heteroatoms. The summed E-state index contributed by atoms with van der Waals surface area (Å²) in [5, 5.41) is 0. The zero-order chi connectivity index (χ0) is 14.5. The van der Waals surface area contributed by atoms with Gasteiger partial charge in [-0.25, -0.2) is 0 Å². The molecule has 0 aliphatic heterocycles. The van der Waals surface area contributed by atoms with Crippen molar-refractivity contribution in [2.24, 2.45) is 0 Å². The Labute approximate surface area is 125 Å². The summed E-state index contributed by atoms with van der Waals surface area (Å²) in [7, 11) is 1.94. The predicted octanol–water partition coefficient (Wildman–Crippen LogP) is 3.46. The van der Waals surface area contributed by atoms with E-state index >= 15 is 0 Å². The molecule has 1 amide bonds. The highest BCUT2D eigenvalue weighted by atomic mass is 32.2. The number of nitrogens with zero attached hydrogens (tertiary/aromatic N) is 1. The van der Waals surface area contributed by atoms with E-state index in [9.17, 15) is 4.79 Å². The van der Waals surface area contributed by atoms with Crippen LogP contribution in [-0.4, -0.2) is 29.6 Å². The molecule has 0 bridgehead atoms. The number of nitrogens with two attached hydrogens (primary N) is 1. The second-order valence-corrected chi connectivity index (χ2v) is 6.59. The molecule has 0 spiro atoms. The number of carbonyl (C=O) groups excluding carboxylic acids is 1. The van der Waals surface area contributed by atoms with Crippen LogP contribution in [0.5, 0.6) is 0 Å². The standard InChI is InChI=1S/C16H24N2OS/c1-12-7-6-10-14(16(12)17)20-11-15(19)18(2)13-8-4-3-5-9-13/h6-7,10,13H,3-5,8-9,11,17H2,1-2H3. The largest absolute Gasteiger partial charge is 0.398 e. The minimum absolute atomic E-state index is 0.211. The molecule has 0 aromatic heterocycles. The van der Waals surface area contributed by atoms with Crippen LogP contribution in [0.15, 0.2) is 23.1 Å². The summed E-state index contributed by atoms with van der Waals surface area (Å²) >= 11 is 1.55. The van der Waals surface area contributed by atoms with Crippen LogP contribution in [0.1, 0.15) is 37.7 Å². The molecule has 1 saturated carbocycles. The smallest absolute Gasteiger partial charge is 0.232 e. The van der Waals surface area contributed by atoms with Gasteiger partial charge < -0.3 is 10.6 Å². The van der Waals surface area contributed by atoms with Crippen molar-refractivity contribution < 1.29 is 4.79 Å². The first-order valence-corrected chi connectivity index (χ1v) is 8.31. The van der Waals surface area contributed by atoms with Crippen molar-refractivity contribution in [3.63, 3.8) is 0 Å². The minimum Gasteiger partial charge on any atom is -0.398 e. The molecule has 0 radical (unpaired) electrons. The van der Waals surface area contributed by atoms with Crippen LogP contribution in [-0.2, 0) is 4.79 Å². The van der Waals surface area contributed by atoms with Crippen molar-refractivity contribution >= 4 is 23.4 Å². The summed E-state index contributed by atoms with van der Waals surface area (Å²) in [5.41, 5.74) is 7.91. The molecule has 1 aliphatic carbocycles. The van der Waals surface area contributed by atoms with Crippen LogP contribution < -0.4 is 5.73 Å². The second kappa shape index (κ2) is 7.02. The first-order chi connectivity index (χ1) is 9.59. The average molecular weight is 292 g/mol. The van der Waals surface area contributed by atoms with Gasteiger partial charge in [0.25, 0.3) is 0 Å². The van der Waals surface area contributed by atoms with Gasteiger partial charge in [0.1, 0.15) is 0 Å². The highest BCUT2D eigenvalue weighted by Gasteiger charge is 2.22. The number of carbonyl (C=O) groups is 1. The number of aryl methyl sites for hydroxylation is 1. The van der Waals surface area contributed by atoms with Gasteiger partial charge in [-0.15, -0.1) is 11.8 Å². The lowest BCUT2D eigenvalue weighted by molar-refractivity contribution is -0.129. The quantitative estimate of drug-likeness (QED) is 0.683. The molecule has 20 heavy (non-hydrogen) atoms. The van der Waals surface area contributed by atoms with E-state index in [1.54, 1.807) is 11.8 Å². The third-order valence-corrected chi connectivity index (χ3v) is 5.21. The van der Waals surface area contributed by atoms with E-state index in [2.05, 4.69) is 0 Å². The first-order valence-electron chi connectivity index (χ1n) is 7.33. The van der Waals surface area contributed by atoms with Gasteiger partial charge in [-0.2, -0.15) is 0 Å². The van der Waals surface area contributed by atoms with E-state index in [1.807, 2.05) is 37.1 Å². The molecule has 110 valence electrons. The van der Waals surface area contributed by atoms with Crippen molar-refractivity contribution in [3.8, 4) is 0 Å². The lowest BCUT2D eigenvalue weighted by Crippen LogP contribution is -2.39. The molecular weight excluding hydrogens is 268 g/mol. The number of anilines is 1. The molecule has 1 fully saturated rings. The maximum Gasteiger partial charge on any atom is 0.232 e. The van der Waals surface area contributed by atoms with Crippen molar-refractivity contribution in [2.75, 3.05) is 18.5 Å². The Morgan fingerprint density at radius 1 is 1.35 bits per heavy atom. The monoisotopic (exact) mass is 292 g/mol. The molecule has 2 N–H and O–H groups in total. The lowest BCUT2D eigenvalue weighted by atomic mass is 9.94. The minimum atomic E-state index is 0.211. The first kappa shape index (κ1) is 15.2. The SMILES string of the molecule is Cc1cccc(SCC(=O)N(C)C2CCCCC2)c1N.